The van der Waals surface area contributed by atoms with Gasteiger partial charge in [-0.1, -0.05) is 0 Å². The molecule has 0 aliphatic carbocycles. The standard InChI is InChI=1S/C15H25N5O3S/c1-9-4-3-7-20(9)14(23)10(5-2-6-17-15(16)24)19-13(22)11-8-12(21)18-11/h9-11H,2-8H2,1H3,(H,18,21)(H,19,22)(H3,16,17,24)/t9-,10+,11+/m1/s1. The second-order valence-corrected chi connectivity index (χ2v) is 6.77. The lowest BCUT2D eigenvalue weighted by Gasteiger charge is -2.31. The Bertz CT molecular complexity index is 519. The van der Waals surface area contributed by atoms with Gasteiger partial charge in [-0.2, -0.15) is 0 Å². The number of likely N-dealkylation sites (tertiary alicyclic amines) is 1. The highest BCUT2D eigenvalue weighted by Crippen LogP contribution is 2.19. The highest BCUT2D eigenvalue weighted by atomic mass is 32.1. The summed E-state index contributed by atoms with van der Waals surface area (Å²) in [6.45, 7) is 3.24. The maximum absolute atomic E-state index is 12.8. The summed E-state index contributed by atoms with van der Waals surface area (Å²) in [5.74, 6) is -0.530. The maximum atomic E-state index is 12.8. The van der Waals surface area contributed by atoms with Gasteiger partial charge in [0.15, 0.2) is 5.17 Å². The quantitative estimate of drug-likeness (QED) is 0.141. The molecule has 3 atom stereocenters. The second kappa shape index (κ2) is 8.36. The van der Waals surface area contributed by atoms with Crippen molar-refractivity contribution in [2.75, 3.05) is 13.1 Å². The van der Waals surface area contributed by atoms with Crippen LogP contribution in [0.25, 0.3) is 0 Å². The van der Waals surface area contributed by atoms with E-state index in [1.54, 1.807) is 0 Å². The number of carbonyl (C=O) groups is 3. The van der Waals surface area contributed by atoms with Crippen molar-refractivity contribution in [2.45, 2.75) is 57.2 Å². The molecule has 9 heteroatoms. The molecular formula is C15H25N5O3S. The summed E-state index contributed by atoms with van der Waals surface area (Å²) in [5, 5.41) is 15.4. The third-order valence-electron chi connectivity index (χ3n) is 4.45. The molecule has 24 heavy (non-hydrogen) atoms. The van der Waals surface area contributed by atoms with E-state index in [2.05, 4.69) is 28.6 Å². The number of nitrogens with zero attached hydrogens (tertiary/aromatic N) is 1. The molecule has 134 valence electrons. The van der Waals surface area contributed by atoms with Crippen molar-refractivity contribution in [3.8, 4) is 0 Å². The van der Waals surface area contributed by atoms with Gasteiger partial charge in [-0.3, -0.25) is 19.8 Å². The molecule has 3 amide bonds. The molecule has 2 aliphatic heterocycles. The zero-order valence-electron chi connectivity index (χ0n) is 13.8. The molecule has 2 aliphatic rings. The predicted molar refractivity (Wildman–Crippen MR) is 92.8 cm³/mol. The molecule has 0 bridgehead atoms. The smallest absolute Gasteiger partial charge is 0.245 e. The van der Waals surface area contributed by atoms with Crippen molar-refractivity contribution >= 4 is 35.5 Å². The summed E-state index contributed by atoms with van der Waals surface area (Å²) in [6, 6.07) is -0.956. The van der Waals surface area contributed by atoms with Crippen LogP contribution in [0.4, 0.5) is 0 Å². The van der Waals surface area contributed by atoms with E-state index in [9.17, 15) is 14.4 Å². The Balaban J connectivity index is 1.91. The summed E-state index contributed by atoms with van der Waals surface area (Å²) in [6.07, 6.45) is 3.22. The average molecular weight is 355 g/mol. The first-order chi connectivity index (χ1) is 11.4. The zero-order valence-corrected chi connectivity index (χ0v) is 14.7. The lowest BCUT2D eigenvalue weighted by atomic mass is 10.0. The van der Waals surface area contributed by atoms with E-state index >= 15 is 0 Å². The van der Waals surface area contributed by atoms with E-state index in [4.69, 9.17) is 5.41 Å². The highest BCUT2D eigenvalue weighted by molar-refractivity contribution is 7.96. The van der Waals surface area contributed by atoms with Crippen LogP contribution < -0.4 is 16.0 Å². The fourth-order valence-corrected chi connectivity index (χ4v) is 3.13. The minimum absolute atomic E-state index is 0.0695. The number of thiol groups is 1. The molecule has 4 N–H and O–H groups in total. The first-order valence-corrected chi connectivity index (χ1v) is 8.75. The average Bonchev–Trinajstić information content (AvgIpc) is 2.92. The molecule has 0 unspecified atom stereocenters. The van der Waals surface area contributed by atoms with Crippen molar-refractivity contribution < 1.29 is 14.4 Å². The Morgan fingerprint density at radius 2 is 2.21 bits per heavy atom. The highest BCUT2D eigenvalue weighted by Gasteiger charge is 2.36. The lowest BCUT2D eigenvalue weighted by molar-refractivity contribution is -0.141. The minimum atomic E-state index is -0.605. The van der Waals surface area contributed by atoms with Gasteiger partial charge in [-0.25, -0.2) is 0 Å². The second-order valence-electron chi connectivity index (χ2n) is 6.33. The van der Waals surface area contributed by atoms with Crippen molar-refractivity contribution in [1.29, 1.82) is 5.41 Å². The van der Waals surface area contributed by atoms with E-state index in [1.165, 1.54) is 0 Å². The molecule has 2 heterocycles. The predicted octanol–water partition coefficient (Wildman–Crippen LogP) is -0.395. The fraction of sp³-hybridized carbons (Fsp3) is 0.733. The Hall–Kier alpha value is -1.77. The lowest BCUT2D eigenvalue weighted by Crippen LogP contribution is -2.60. The molecular weight excluding hydrogens is 330 g/mol. The molecule has 0 aromatic rings. The maximum Gasteiger partial charge on any atom is 0.245 e. The molecule has 0 saturated carbocycles. The van der Waals surface area contributed by atoms with Crippen LogP contribution in [0.1, 0.15) is 39.0 Å². The van der Waals surface area contributed by atoms with Gasteiger partial charge in [0.25, 0.3) is 0 Å². The van der Waals surface area contributed by atoms with Gasteiger partial charge >= 0.3 is 0 Å². The Morgan fingerprint density at radius 3 is 2.75 bits per heavy atom. The molecule has 0 radical (unpaired) electrons. The van der Waals surface area contributed by atoms with E-state index < -0.39 is 12.1 Å². The number of amidine groups is 1. The van der Waals surface area contributed by atoms with Gasteiger partial charge < -0.3 is 20.9 Å². The number of carbonyl (C=O) groups excluding carboxylic acids is 3. The van der Waals surface area contributed by atoms with Crippen LogP contribution in [0.5, 0.6) is 0 Å². The minimum Gasteiger partial charge on any atom is -0.365 e. The number of hydrogen-bond donors (Lipinski definition) is 5. The first kappa shape index (κ1) is 18.6. The normalized spacial score (nSPS) is 23.9. The Labute approximate surface area is 147 Å². The van der Waals surface area contributed by atoms with Crippen molar-refractivity contribution in [3.63, 3.8) is 0 Å². The van der Waals surface area contributed by atoms with Crippen LogP contribution in [0.15, 0.2) is 0 Å². The van der Waals surface area contributed by atoms with Crippen LogP contribution in [0.2, 0.25) is 0 Å². The van der Waals surface area contributed by atoms with Gasteiger partial charge in [-0.05, 0) is 32.6 Å². The van der Waals surface area contributed by atoms with Crippen LogP contribution in [0.3, 0.4) is 0 Å². The largest absolute Gasteiger partial charge is 0.365 e. The van der Waals surface area contributed by atoms with Gasteiger partial charge in [-0.15, -0.1) is 12.6 Å². The van der Waals surface area contributed by atoms with Crippen LogP contribution in [-0.4, -0.2) is 59.0 Å². The molecule has 8 nitrogen and oxygen atoms in total. The Kier molecular flexibility index (Phi) is 6.47. The van der Waals surface area contributed by atoms with E-state index in [0.717, 1.165) is 12.8 Å². The summed E-state index contributed by atoms with van der Waals surface area (Å²) >= 11 is 3.84. The molecule has 0 aromatic carbocycles. The zero-order chi connectivity index (χ0) is 17.7. The summed E-state index contributed by atoms with van der Waals surface area (Å²) in [7, 11) is 0. The molecule has 2 fully saturated rings. The van der Waals surface area contributed by atoms with E-state index in [0.29, 0.717) is 25.9 Å². The monoisotopic (exact) mass is 355 g/mol. The summed E-state index contributed by atoms with van der Waals surface area (Å²) in [4.78, 5) is 37.7. The van der Waals surface area contributed by atoms with Crippen LogP contribution in [0, 0.1) is 5.41 Å². The van der Waals surface area contributed by atoms with Crippen molar-refractivity contribution in [3.05, 3.63) is 0 Å². The number of nitrogens with one attached hydrogen (secondary N) is 4. The molecule has 2 saturated heterocycles. The first-order valence-electron chi connectivity index (χ1n) is 8.30. The van der Waals surface area contributed by atoms with Crippen molar-refractivity contribution in [1.82, 2.24) is 20.9 Å². The molecule has 2 rings (SSSR count). The van der Waals surface area contributed by atoms with Gasteiger partial charge in [0.2, 0.25) is 17.7 Å². The third kappa shape index (κ3) is 4.86. The number of β-lactam (4-membered cyclic amide) rings is 1. The van der Waals surface area contributed by atoms with Crippen LogP contribution in [-0.2, 0) is 14.4 Å². The number of rotatable bonds is 7. The molecule has 0 spiro atoms. The Morgan fingerprint density at radius 1 is 1.50 bits per heavy atom. The topological polar surface area (TPSA) is 114 Å². The number of amides is 3. The SMILES string of the molecule is C[C@@H]1CCCN1C(=O)[C@H](CCCNC(=N)S)NC(=O)[C@@H]1CC(=O)N1. The molecule has 0 aromatic heterocycles. The fourth-order valence-electron chi connectivity index (χ4n) is 3.02. The van der Waals surface area contributed by atoms with E-state index in [1.807, 2.05) is 11.8 Å². The van der Waals surface area contributed by atoms with E-state index in [-0.39, 0.29) is 35.4 Å². The van der Waals surface area contributed by atoms with Gasteiger partial charge in [0.1, 0.15) is 12.1 Å². The van der Waals surface area contributed by atoms with Crippen molar-refractivity contribution in [2.24, 2.45) is 0 Å². The summed E-state index contributed by atoms with van der Waals surface area (Å²) < 4.78 is 0. The van der Waals surface area contributed by atoms with Gasteiger partial charge in [0, 0.05) is 19.1 Å². The summed E-state index contributed by atoms with van der Waals surface area (Å²) in [5.41, 5.74) is 0. The number of hydrogen-bond acceptors (Lipinski definition) is 4. The van der Waals surface area contributed by atoms with Gasteiger partial charge in [0.05, 0.1) is 6.42 Å². The third-order valence-corrected chi connectivity index (χ3v) is 4.61. The van der Waals surface area contributed by atoms with Crippen LogP contribution >= 0.6 is 12.6 Å².